The van der Waals surface area contributed by atoms with Gasteiger partial charge in [0.15, 0.2) is 0 Å². The maximum atomic E-state index is 11.6. The van der Waals surface area contributed by atoms with Crippen LogP contribution in [0.5, 0.6) is 0 Å². The molecule has 0 atom stereocenters. The van der Waals surface area contributed by atoms with E-state index in [4.69, 9.17) is 9.47 Å². The standard InChI is InChI=1S/C19H29NO4/c1-3-5-11-23-18(21)13-16-7-9-17(10-8-16)14-20-15-19(22)24-12-6-4-2/h7-10,20H,3-6,11-15H2,1-2H3. The lowest BCUT2D eigenvalue weighted by Crippen LogP contribution is -2.24. The highest BCUT2D eigenvalue weighted by Gasteiger charge is 2.05. The van der Waals surface area contributed by atoms with Gasteiger partial charge in [0.05, 0.1) is 26.2 Å². The van der Waals surface area contributed by atoms with Crippen LogP contribution in [0.2, 0.25) is 0 Å². The molecule has 0 saturated heterocycles. The van der Waals surface area contributed by atoms with Crippen molar-refractivity contribution in [1.82, 2.24) is 5.32 Å². The summed E-state index contributed by atoms with van der Waals surface area (Å²) in [5.74, 6) is -0.418. The summed E-state index contributed by atoms with van der Waals surface area (Å²) in [7, 11) is 0. The van der Waals surface area contributed by atoms with Crippen LogP contribution in [0.15, 0.2) is 24.3 Å². The molecular formula is C19H29NO4. The van der Waals surface area contributed by atoms with E-state index in [2.05, 4.69) is 19.2 Å². The van der Waals surface area contributed by atoms with Crippen molar-refractivity contribution < 1.29 is 19.1 Å². The van der Waals surface area contributed by atoms with Gasteiger partial charge in [-0.15, -0.1) is 0 Å². The van der Waals surface area contributed by atoms with Gasteiger partial charge in [0, 0.05) is 6.54 Å². The summed E-state index contributed by atoms with van der Waals surface area (Å²) in [5.41, 5.74) is 1.98. The van der Waals surface area contributed by atoms with Crippen LogP contribution in [0.1, 0.15) is 50.7 Å². The lowest BCUT2D eigenvalue weighted by atomic mass is 10.1. The number of hydrogen-bond donors (Lipinski definition) is 1. The molecule has 1 N–H and O–H groups in total. The minimum absolute atomic E-state index is 0.191. The first-order chi connectivity index (χ1) is 11.7. The van der Waals surface area contributed by atoms with E-state index in [-0.39, 0.29) is 18.5 Å². The van der Waals surface area contributed by atoms with E-state index in [1.165, 1.54) is 0 Å². The van der Waals surface area contributed by atoms with Crippen molar-refractivity contribution in [1.29, 1.82) is 0 Å². The van der Waals surface area contributed by atoms with Crippen LogP contribution in [-0.4, -0.2) is 31.7 Å². The predicted molar refractivity (Wildman–Crippen MR) is 93.6 cm³/mol. The molecule has 24 heavy (non-hydrogen) atoms. The molecule has 1 aromatic rings. The molecule has 0 aliphatic rings. The van der Waals surface area contributed by atoms with Gasteiger partial charge in [0.1, 0.15) is 0 Å². The fourth-order valence-electron chi connectivity index (χ4n) is 2.01. The van der Waals surface area contributed by atoms with Crippen LogP contribution >= 0.6 is 0 Å². The normalized spacial score (nSPS) is 10.4. The highest BCUT2D eigenvalue weighted by atomic mass is 16.5. The molecule has 0 saturated carbocycles. The number of benzene rings is 1. The molecule has 0 spiro atoms. The highest BCUT2D eigenvalue weighted by molar-refractivity contribution is 5.72. The fraction of sp³-hybridized carbons (Fsp3) is 0.579. The summed E-state index contributed by atoms with van der Waals surface area (Å²) in [6.45, 7) is 5.89. The minimum atomic E-state index is -0.227. The van der Waals surface area contributed by atoms with Crippen molar-refractivity contribution in [2.45, 2.75) is 52.5 Å². The Kier molecular flexibility index (Phi) is 10.5. The number of rotatable bonds is 12. The van der Waals surface area contributed by atoms with Gasteiger partial charge in [-0.05, 0) is 24.0 Å². The van der Waals surface area contributed by atoms with Crippen molar-refractivity contribution in [3.63, 3.8) is 0 Å². The van der Waals surface area contributed by atoms with Gasteiger partial charge in [0.25, 0.3) is 0 Å². The van der Waals surface area contributed by atoms with E-state index < -0.39 is 0 Å². The Morgan fingerprint density at radius 1 is 0.875 bits per heavy atom. The second-order valence-electron chi connectivity index (χ2n) is 5.74. The number of nitrogens with one attached hydrogen (secondary N) is 1. The lowest BCUT2D eigenvalue weighted by molar-refractivity contribution is -0.143. The maximum Gasteiger partial charge on any atom is 0.319 e. The van der Waals surface area contributed by atoms with Gasteiger partial charge in [-0.25, -0.2) is 0 Å². The summed E-state index contributed by atoms with van der Waals surface area (Å²) < 4.78 is 10.2. The van der Waals surface area contributed by atoms with E-state index in [1.54, 1.807) is 0 Å². The van der Waals surface area contributed by atoms with Crippen molar-refractivity contribution in [3.05, 3.63) is 35.4 Å². The molecule has 5 nitrogen and oxygen atoms in total. The van der Waals surface area contributed by atoms with E-state index in [0.29, 0.717) is 26.2 Å². The van der Waals surface area contributed by atoms with Gasteiger partial charge in [-0.1, -0.05) is 51.0 Å². The van der Waals surface area contributed by atoms with Crippen molar-refractivity contribution in [2.24, 2.45) is 0 Å². The molecule has 1 aromatic carbocycles. The number of esters is 2. The maximum absolute atomic E-state index is 11.6. The number of hydrogen-bond acceptors (Lipinski definition) is 5. The average Bonchev–Trinajstić information content (AvgIpc) is 2.57. The first-order valence-corrected chi connectivity index (χ1v) is 8.75. The van der Waals surface area contributed by atoms with Crippen LogP contribution < -0.4 is 5.32 Å². The van der Waals surface area contributed by atoms with E-state index in [1.807, 2.05) is 24.3 Å². The summed E-state index contributed by atoms with van der Waals surface area (Å²) in [4.78, 5) is 23.1. The Balaban J connectivity index is 2.24. The Labute approximate surface area is 144 Å². The quantitative estimate of drug-likeness (QED) is 0.470. The van der Waals surface area contributed by atoms with Gasteiger partial charge >= 0.3 is 11.9 Å². The molecule has 0 radical (unpaired) electrons. The summed E-state index contributed by atoms with van der Waals surface area (Å²) in [6.07, 6.45) is 4.12. The fourth-order valence-corrected chi connectivity index (χ4v) is 2.01. The minimum Gasteiger partial charge on any atom is -0.465 e. The van der Waals surface area contributed by atoms with Crippen molar-refractivity contribution >= 4 is 11.9 Å². The highest BCUT2D eigenvalue weighted by Crippen LogP contribution is 2.06. The van der Waals surface area contributed by atoms with Crippen LogP contribution in [-0.2, 0) is 32.0 Å². The molecule has 0 aliphatic heterocycles. The largest absolute Gasteiger partial charge is 0.465 e. The predicted octanol–water partition coefficient (Wildman–Crippen LogP) is 3.01. The first-order valence-electron chi connectivity index (χ1n) is 8.75. The van der Waals surface area contributed by atoms with E-state index in [0.717, 1.165) is 36.8 Å². The Morgan fingerprint density at radius 2 is 1.42 bits per heavy atom. The number of carbonyl (C=O) groups is 2. The summed E-state index contributed by atoms with van der Waals surface area (Å²) in [6, 6.07) is 7.73. The molecular weight excluding hydrogens is 306 g/mol. The second-order valence-corrected chi connectivity index (χ2v) is 5.74. The van der Waals surface area contributed by atoms with Crippen LogP contribution in [0, 0.1) is 0 Å². The molecule has 0 fully saturated rings. The number of unbranched alkanes of at least 4 members (excludes halogenated alkanes) is 2. The molecule has 0 aromatic heterocycles. The van der Waals surface area contributed by atoms with Crippen LogP contribution in [0.4, 0.5) is 0 Å². The molecule has 0 amide bonds. The van der Waals surface area contributed by atoms with Crippen LogP contribution in [0.3, 0.4) is 0 Å². The molecule has 134 valence electrons. The number of ether oxygens (including phenoxy) is 2. The van der Waals surface area contributed by atoms with Crippen LogP contribution in [0.25, 0.3) is 0 Å². The third-order valence-corrected chi connectivity index (χ3v) is 3.49. The Hall–Kier alpha value is -1.88. The van der Waals surface area contributed by atoms with Crippen molar-refractivity contribution in [3.8, 4) is 0 Å². The zero-order chi connectivity index (χ0) is 17.6. The molecule has 1 rings (SSSR count). The van der Waals surface area contributed by atoms with Gasteiger partial charge in [-0.3, -0.25) is 9.59 Å². The zero-order valence-corrected chi connectivity index (χ0v) is 14.8. The third-order valence-electron chi connectivity index (χ3n) is 3.49. The van der Waals surface area contributed by atoms with Crippen molar-refractivity contribution in [2.75, 3.05) is 19.8 Å². The lowest BCUT2D eigenvalue weighted by Gasteiger charge is -2.07. The Morgan fingerprint density at radius 3 is 2.00 bits per heavy atom. The molecule has 0 unspecified atom stereocenters. The number of carbonyl (C=O) groups excluding carboxylic acids is 2. The van der Waals surface area contributed by atoms with E-state index >= 15 is 0 Å². The summed E-state index contributed by atoms with van der Waals surface area (Å²) >= 11 is 0. The summed E-state index contributed by atoms with van der Waals surface area (Å²) in [5, 5.41) is 3.06. The average molecular weight is 335 g/mol. The SMILES string of the molecule is CCCCOC(=O)CNCc1ccc(CC(=O)OCCCC)cc1. The topological polar surface area (TPSA) is 64.6 Å². The van der Waals surface area contributed by atoms with E-state index in [9.17, 15) is 9.59 Å². The third kappa shape index (κ3) is 9.30. The molecule has 5 heteroatoms. The smallest absolute Gasteiger partial charge is 0.319 e. The monoisotopic (exact) mass is 335 g/mol. The van der Waals surface area contributed by atoms with Gasteiger partial charge in [-0.2, -0.15) is 0 Å². The molecule has 0 bridgehead atoms. The van der Waals surface area contributed by atoms with Gasteiger partial charge < -0.3 is 14.8 Å². The first kappa shape index (κ1) is 20.2. The zero-order valence-electron chi connectivity index (χ0n) is 14.8. The van der Waals surface area contributed by atoms with Gasteiger partial charge in [0.2, 0.25) is 0 Å². The Bertz CT molecular complexity index is 485. The molecule has 0 heterocycles. The second kappa shape index (κ2) is 12.5. The molecule has 0 aliphatic carbocycles.